The van der Waals surface area contributed by atoms with Crippen molar-refractivity contribution in [3.63, 3.8) is 0 Å². The molecule has 2 rings (SSSR count). The van der Waals surface area contributed by atoms with Gasteiger partial charge in [-0.25, -0.2) is 0 Å². The summed E-state index contributed by atoms with van der Waals surface area (Å²) in [5.74, 6) is 0. The van der Waals surface area contributed by atoms with E-state index in [2.05, 4.69) is 13.8 Å². The molecule has 0 spiro atoms. The molecular formula is C8H7ClOS. The molecule has 0 saturated carbocycles. The van der Waals surface area contributed by atoms with E-state index < -0.39 is 0 Å². The van der Waals surface area contributed by atoms with Crippen LogP contribution in [0.4, 0.5) is 0 Å². The lowest BCUT2D eigenvalue weighted by molar-refractivity contribution is 0.626. The Morgan fingerprint density at radius 3 is 2.82 bits per heavy atom. The standard InChI is InChI=1S/C8H7ClOS/c1-4-5(2)11-8-6(4)3-7(9)10-8/h3H,1-2H3. The van der Waals surface area contributed by atoms with Gasteiger partial charge in [-0.15, -0.1) is 11.3 Å². The molecule has 0 aliphatic carbocycles. The second kappa shape index (κ2) is 2.26. The van der Waals surface area contributed by atoms with E-state index in [1.54, 1.807) is 11.3 Å². The molecule has 0 aliphatic rings. The number of hydrogen-bond donors (Lipinski definition) is 0. The molecule has 0 aliphatic heterocycles. The molecule has 2 heterocycles. The number of thiophene rings is 1. The summed E-state index contributed by atoms with van der Waals surface area (Å²) in [7, 11) is 0. The monoisotopic (exact) mass is 186 g/mol. The minimum atomic E-state index is 0.481. The first-order valence-corrected chi connectivity index (χ1v) is 4.53. The number of halogens is 1. The molecule has 0 amide bonds. The summed E-state index contributed by atoms with van der Waals surface area (Å²) >= 11 is 7.34. The maximum absolute atomic E-state index is 5.69. The van der Waals surface area contributed by atoms with Crippen LogP contribution in [0.15, 0.2) is 10.5 Å². The van der Waals surface area contributed by atoms with Gasteiger partial charge in [0.1, 0.15) is 0 Å². The smallest absolute Gasteiger partial charge is 0.195 e. The Balaban J connectivity index is 2.88. The number of fused-ring (bicyclic) bond motifs is 1. The zero-order valence-corrected chi connectivity index (χ0v) is 7.84. The van der Waals surface area contributed by atoms with Crippen molar-refractivity contribution in [1.82, 2.24) is 0 Å². The van der Waals surface area contributed by atoms with Crippen molar-refractivity contribution >= 4 is 33.2 Å². The van der Waals surface area contributed by atoms with E-state index in [1.165, 1.54) is 10.4 Å². The molecule has 0 bridgehead atoms. The van der Waals surface area contributed by atoms with Crippen molar-refractivity contribution in [3.05, 3.63) is 21.7 Å². The van der Waals surface area contributed by atoms with E-state index in [0.29, 0.717) is 5.22 Å². The number of aryl methyl sites for hydroxylation is 2. The molecule has 0 aromatic carbocycles. The molecule has 2 aromatic rings. The second-order valence-electron chi connectivity index (χ2n) is 2.53. The SMILES string of the molecule is Cc1sc2oc(Cl)cc2c1C. The van der Waals surface area contributed by atoms with Gasteiger partial charge in [-0.1, -0.05) is 0 Å². The Hall–Kier alpha value is -0.470. The maximum atomic E-state index is 5.69. The normalized spacial score (nSPS) is 11.2. The van der Waals surface area contributed by atoms with E-state index >= 15 is 0 Å². The summed E-state index contributed by atoms with van der Waals surface area (Å²) in [5, 5.41) is 1.63. The van der Waals surface area contributed by atoms with Gasteiger partial charge in [0.25, 0.3) is 0 Å². The van der Waals surface area contributed by atoms with Crippen LogP contribution in [0.2, 0.25) is 5.22 Å². The van der Waals surface area contributed by atoms with Crippen LogP contribution in [0.3, 0.4) is 0 Å². The summed E-state index contributed by atoms with van der Waals surface area (Å²) in [4.78, 5) is 2.24. The molecular weight excluding hydrogens is 180 g/mol. The number of hydrogen-bond acceptors (Lipinski definition) is 2. The van der Waals surface area contributed by atoms with Gasteiger partial charge in [-0.2, -0.15) is 0 Å². The van der Waals surface area contributed by atoms with E-state index in [9.17, 15) is 0 Å². The predicted molar refractivity (Wildman–Crippen MR) is 48.6 cm³/mol. The first-order valence-electron chi connectivity index (χ1n) is 3.33. The van der Waals surface area contributed by atoms with Crippen LogP contribution in [0.25, 0.3) is 10.3 Å². The predicted octanol–water partition coefficient (Wildman–Crippen LogP) is 3.76. The minimum Gasteiger partial charge on any atom is -0.434 e. The highest BCUT2D eigenvalue weighted by Crippen LogP contribution is 2.34. The Kier molecular flexibility index (Phi) is 1.48. The number of rotatable bonds is 0. The topological polar surface area (TPSA) is 13.1 Å². The summed E-state index contributed by atoms with van der Waals surface area (Å²) in [6, 6.07) is 1.87. The van der Waals surface area contributed by atoms with Crippen LogP contribution < -0.4 is 0 Å². The zero-order chi connectivity index (χ0) is 8.01. The minimum absolute atomic E-state index is 0.481. The van der Waals surface area contributed by atoms with Crippen molar-refractivity contribution in [1.29, 1.82) is 0 Å². The van der Waals surface area contributed by atoms with E-state index in [0.717, 1.165) is 10.3 Å². The van der Waals surface area contributed by atoms with Crippen molar-refractivity contribution in [2.45, 2.75) is 13.8 Å². The third-order valence-corrected chi connectivity index (χ3v) is 3.13. The molecule has 2 aromatic heterocycles. The van der Waals surface area contributed by atoms with Gasteiger partial charge in [-0.3, -0.25) is 0 Å². The highest BCUT2D eigenvalue weighted by molar-refractivity contribution is 7.18. The third-order valence-electron chi connectivity index (χ3n) is 1.85. The summed E-state index contributed by atoms with van der Waals surface area (Å²) in [6.07, 6.45) is 0. The fraction of sp³-hybridized carbons (Fsp3) is 0.250. The van der Waals surface area contributed by atoms with Gasteiger partial charge >= 0.3 is 0 Å². The van der Waals surface area contributed by atoms with Crippen molar-refractivity contribution < 1.29 is 4.42 Å². The van der Waals surface area contributed by atoms with Crippen LogP contribution in [-0.2, 0) is 0 Å². The molecule has 0 fully saturated rings. The maximum Gasteiger partial charge on any atom is 0.195 e. The van der Waals surface area contributed by atoms with Crippen LogP contribution in [0.1, 0.15) is 10.4 Å². The summed E-state index contributed by atoms with van der Waals surface area (Å²) in [6.45, 7) is 4.17. The average molecular weight is 187 g/mol. The molecule has 3 heteroatoms. The third kappa shape index (κ3) is 0.976. The number of furan rings is 1. The first kappa shape index (κ1) is 7.19. The Morgan fingerprint density at radius 1 is 1.45 bits per heavy atom. The quantitative estimate of drug-likeness (QED) is 0.611. The van der Waals surface area contributed by atoms with Gasteiger partial charge in [0.15, 0.2) is 10.1 Å². The van der Waals surface area contributed by atoms with Crippen LogP contribution >= 0.6 is 22.9 Å². The Morgan fingerprint density at radius 2 is 2.18 bits per heavy atom. The first-order chi connectivity index (χ1) is 5.18. The molecule has 0 saturated heterocycles. The molecule has 11 heavy (non-hydrogen) atoms. The summed E-state index contributed by atoms with van der Waals surface area (Å²) in [5.41, 5.74) is 1.28. The molecule has 0 radical (unpaired) electrons. The highest BCUT2D eigenvalue weighted by Gasteiger charge is 2.09. The largest absolute Gasteiger partial charge is 0.434 e. The van der Waals surface area contributed by atoms with Gasteiger partial charge in [0.05, 0.1) is 0 Å². The fourth-order valence-electron chi connectivity index (χ4n) is 1.09. The van der Waals surface area contributed by atoms with Gasteiger partial charge in [0, 0.05) is 16.3 Å². The van der Waals surface area contributed by atoms with Crippen molar-refractivity contribution in [3.8, 4) is 0 Å². The van der Waals surface area contributed by atoms with Gasteiger partial charge in [0.2, 0.25) is 0 Å². The Bertz CT molecular complexity index is 399. The molecule has 58 valence electrons. The highest BCUT2D eigenvalue weighted by atomic mass is 35.5. The lowest BCUT2D eigenvalue weighted by Gasteiger charge is -1.83. The molecule has 1 nitrogen and oxygen atoms in total. The van der Waals surface area contributed by atoms with Gasteiger partial charge in [-0.05, 0) is 31.0 Å². The molecule has 0 N–H and O–H groups in total. The zero-order valence-electron chi connectivity index (χ0n) is 6.27. The average Bonchev–Trinajstić information content (AvgIpc) is 2.37. The fourth-order valence-corrected chi connectivity index (χ4v) is 2.31. The lowest BCUT2D eigenvalue weighted by Crippen LogP contribution is -1.65. The van der Waals surface area contributed by atoms with E-state index in [1.807, 2.05) is 6.07 Å². The van der Waals surface area contributed by atoms with Crippen molar-refractivity contribution in [2.24, 2.45) is 0 Å². The second-order valence-corrected chi connectivity index (χ2v) is 4.09. The summed E-state index contributed by atoms with van der Waals surface area (Å²) < 4.78 is 5.25. The van der Waals surface area contributed by atoms with Crippen LogP contribution in [-0.4, -0.2) is 0 Å². The Labute approximate surface area is 73.6 Å². The van der Waals surface area contributed by atoms with E-state index in [-0.39, 0.29) is 0 Å². The molecule has 0 atom stereocenters. The van der Waals surface area contributed by atoms with Crippen molar-refractivity contribution in [2.75, 3.05) is 0 Å². The van der Waals surface area contributed by atoms with E-state index in [4.69, 9.17) is 16.0 Å². The molecule has 0 unspecified atom stereocenters. The van der Waals surface area contributed by atoms with Crippen LogP contribution in [0.5, 0.6) is 0 Å². The van der Waals surface area contributed by atoms with Gasteiger partial charge < -0.3 is 4.42 Å². The van der Waals surface area contributed by atoms with Crippen LogP contribution in [0, 0.1) is 13.8 Å². The lowest BCUT2D eigenvalue weighted by atomic mass is 10.2.